The van der Waals surface area contributed by atoms with Crippen LogP contribution in [0.3, 0.4) is 0 Å². The number of unbranched alkanes of at least 4 members (excludes halogenated alkanes) is 1. The molecule has 3 rings (SSSR count). The average Bonchev–Trinajstić information content (AvgIpc) is 3.24. The van der Waals surface area contributed by atoms with Crippen molar-refractivity contribution in [1.29, 1.82) is 0 Å². The van der Waals surface area contributed by atoms with E-state index in [0.717, 1.165) is 44.1 Å². The highest BCUT2D eigenvalue weighted by Crippen LogP contribution is 2.31. The molecule has 1 heterocycles. The largest absolute Gasteiger partial charge is 0.352 e. The minimum Gasteiger partial charge on any atom is -0.352 e. The first kappa shape index (κ1) is 26.4. The fraction of sp³-hybridized carbons (Fsp3) is 0.708. The van der Waals surface area contributed by atoms with Crippen LogP contribution in [-0.4, -0.2) is 62.1 Å². The van der Waals surface area contributed by atoms with Crippen molar-refractivity contribution < 1.29 is 13.2 Å². The third kappa shape index (κ3) is 7.65. The standard InChI is InChI=1S/C24H39ClN4O3S/c1-2-3-15-33(31,32)29-14-13-27-17-21(29)12-9-19-5-4-6-23(19)28-24(30)22(26)16-18-7-10-20(25)11-8-18/h7-8,10-11,19,21-23,27H,2-6,9,12-17,26H2,1H3,(H,28,30)/t19-,21+,22+,23+/m1/s1. The van der Waals surface area contributed by atoms with Gasteiger partial charge in [-0.05, 0) is 62.1 Å². The number of benzene rings is 1. The Kier molecular flexibility index (Phi) is 10.0. The topological polar surface area (TPSA) is 105 Å². The normalized spacial score (nSPS) is 25.1. The van der Waals surface area contributed by atoms with Crippen LogP contribution in [0.5, 0.6) is 0 Å². The zero-order valence-corrected chi connectivity index (χ0v) is 21.2. The summed E-state index contributed by atoms with van der Waals surface area (Å²) in [5.41, 5.74) is 7.17. The van der Waals surface area contributed by atoms with E-state index in [4.69, 9.17) is 17.3 Å². The molecule has 1 aromatic rings. The number of rotatable bonds is 11. The first-order valence-corrected chi connectivity index (χ1v) is 14.3. The Hall–Kier alpha value is -1.19. The smallest absolute Gasteiger partial charge is 0.237 e. The summed E-state index contributed by atoms with van der Waals surface area (Å²) < 4.78 is 27.4. The van der Waals surface area contributed by atoms with Crippen molar-refractivity contribution in [3.05, 3.63) is 34.9 Å². The number of carbonyl (C=O) groups excluding carboxylic acids is 1. The van der Waals surface area contributed by atoms with E-state index in [2.05, 4.69) is 10.6 Å². The highest BCUT2D eigenvalue weighted by molar-refractivity contribution is 7.89. The molecule has 1 amide bonds. The lowest BCUT2D eigenvalue weighted by molar-refractivity contribution is -0.123. The number of piperazine rings is 1. The second-order valence-corrected chi connectivity index (χ2v) is 11.9. The van der Waals surface area contributed by atoms with Crippen molar-refractivity contribution in [2.45, 2.75) is 76.4 Å². The number of nitrogens with zero attached hydrogens (tertiary/aromatic N) is 1. The van der Waals surface area contributed by atoms with E-state index < -0.39 is 16.1 Å². The van der Waals surface area contributed by atoms with E-state index in [1.807, 2.05) is 19.1 Å². The van der Waals surface area contributed by atoms with E-state index in [1.54, 1.807) is 16.4 Å². The van der Waals surface area contributed by atoms with Crippen LogP contribution < -0.4 is 16.4 Å². The fourth-order valence-corrected chi connectivity index (χ4v) is 7.05. The van der Waals surface area contributed by atoms with Crippen LogP contribution in [0.2, 0.25) is 5.02 Å². The summed E-state index contributed by atoms with van der Waals surface area (Å²) in [5, 5.41) is 7.20. The molecule has 7 nitrogen and oxygen atoms in total. The minimum absolute atomic E-state index is 0.00952. The minimum atomic E-state index is -3.22. The monoisotopic (exact) mass is 498 g/mol. The maximum Gasteiger partial charge on any atom is 0.237 e. The highest BCUT2D eigenvalue weighted by Gasteiger charge is 2.34. The van der Waals surface area contributed by atoms with Crippen LogP contribution >= 0.6 is 11.6 Å². The van der Waals surface area contributed by atoms with Crippen LogP contribution in [-0.2, 0) is 21.2 Å². The zero-order chi connectivity index (χ0) is 23.8. The molecule has 4 N–H and O–H groups in total. The van der Waals surface area contributed by atoms with Gasteiger partial charge in [-0.1, -0.05) is 43.5 Å². The molecular weight excluding hydrogens is 460 g/mol. The third-order valence-corrected chi connectivity index (χ3v) is 9.22. The van der Waals surface area contributed by atoms with Gasteiger partial charge in [0.15, 0.2) is 0 Å². The van der Waals surface area contributed by atoms with E-state index in [-0.39, 0.29) is 23.7 Å². The van der Waals surface area contributed by atoms with Gasteiger partial charge in [-0.2, -0.15) is 4.31 Å². The molecule has 1 aromatic carbocycles. The predicted molar refractivity (Wildman–Crippen MR) is 134 cm³/mol. The van der Waals surface area contributed by atoms with Crippen LogP contribution in [0.1, 0.15) is 57.4 Å². The second-order valence-electron chi connectivity index (χ2n) is 9.46. The van der Waals surface area contributed by atoms with Gasteiger partial charge in [0.25, 0.3) is 0 Å². The van der Waals surface area contributed by atoms with Crippen LogP contribution in [0, 0.1) is 5.92 Å². The molecule has 4 atom stereocenters. The molecule has 2 aliphatic rings. The van der Waals surface area contributed by atoms with Gasteiger partial charge in [0.1, 0.15) is 0 Å². The Morgan fingerprint density at radius 1 is 1.27 bits per heavy atom. The van der Waals surface area contributed by atoms with Gasteiger partial charge in [-0.25, -0.2) is 8.42 Å². The fourth-order valence-electron chi connectivity index (χ4n) is 5.03. The number of halogens is 1. The molecule has 0 bridgehead atoms. The number of amides is 1. The maximum absolute atomic E-state index is 12.8. The summed E-state index contributed by atoms with van der Waals surface area (Å²) in [6.45, 7) is 3.96. The lowest BCUT2D eigenvalue weighted by Crippen LogP contribution is -2.54. The third-order valence-electron chi connectivity index (χ3n) is 6.97. The summed E-state index contributed by atoms with van der Waals surface area (Å²) in [5.74, 6) is 0.469. The summed E-state index contributed by atoms with van der Waals surface area (Å²) >= 11 is 5.93. The molecule has 1 saturated carbocycles. The van der Waals surface area contributed by atoms with Crippen molar-refractivity contribution in [2.75, 3.05) is 25.4 Å². The zero-order valence-electron chi connectivity index (χ0n) is 19.6. The number of hydrogen-bond acceptors (Lipinski definition) is 5. The van der Waals surface area contributed by atoms with E-state index in [0.29, 0.717) is 43.4 Å². The van der Waals surface area contributed by atoms with Crippen LogP contribution in [0.25, 0.3) is 0 Å². The molecule has 2 fully saturated rings. The van der Waals surface area contributed by atoms with Crippen molar-refractivity contribution >= 4 is 27.5 Å². The Balaban J connectivity index is 1.52. The van der Waals surface area contributed by atoms with Gasteiger partial charge in [0.05, 0.1) is 11.8 Å². The first-order valence-electron chi connectivity index (χ1n) is 12.3. The van der Waals surface area contributed by atoms with E-state index in [1.165, 1.54) is 0 Å². The van der Waals surface area contributed by atoms with Crippen molar-refractivity contribution in [3.63, 3.8) is 0 Å². The average molecular weight is 499 g/mol. The number of nitrogens with two attached hydrogens (primary N) is 1. The van der Waals surface area contributed by atoms with Crippen molar-refractivity contribution in [2.24, 2.45) is 11.7 Å². The van der Waals surface area contributed by atoms with Gasteiger partial charge >= 0.3 is 0 Å². The molecule has 186 valence electrons. The van der Waals surface area contributed by atoms with Gasteiger partial charge in [-0.15, -0.1) is 0 Å². The summed E-state index contributed by atoms with van der Waals surface area (Å²) in [7, 11) is -3.22. The van der Waals surface area contributed by atoms with Crippen LogP contribution in [0.15, 0.2) is 24.3 Å². The quantitative estimate of drug-likeness (QED) is 0.435. The van der Waals surface area contributed by atoms with E-state index in [9.17, 15) is 13.2 Å². The van der Waals surface area contributed by atoms with Gasteiger partial charge in [0, 0.05) is 36.7 Å². The van der Waals surface area contributed by atoms with Crippen molar-refractivity contribution in [3.8, 4) is 0 Å². The molecule has 0 radical (unpaired) electrons. The summed E-state index contributed by atoms with van der Waals surface area (Å²) in [6.07, 6.45) is 6.84. The summed E-state index contributed by atoms with van der Waals surface area (Å²) in [6, 6.07) is 6.90. The van der Waals surface area contributed by atoms with Gasteiger partial charge < -0.3 is 16.4 Å². The Labute approximate surface area is 203 Å². The lowest BCUT2D eigenvalue weighted by atomic mass is 9.94. The van der Waals surface area contributed by atoms with E-state index >= 15 is 0 Å². The number of nitrogens with one attached hydrogen (secondary N) is 2. The molecule has 0 spiro atoms. The maximum atomic E-state index is 12.8. The number of sulfonamides is 1. The Bertz CT molecular complexity index is 865. The second kappa shape index (κ2) is 12.5. The highest BCUT2D eigenvalue weighted by atomic mass is 35.5. The molecular formula is C24H39ClN4O3S. The Morgan fingerprint density at radius 3 is 2.76 bits per heavy atom. The van der Waals surface area contributed by atoms with Crippen molar-refractivity contribution in [1.82, 2.24) is 14.9 Å². The van der Waals surface area contributed by atoms with Gasteiger partial charge in [0.2, 0.25) is 15.9 Å². The van der Waals surface area contributed by atoms with Gasteiger partial charge in [-0.3, -0.25) is 4.79 Å². The molecule has 1 saturated heterocycles. The first-order chi connectivity index (χ1) is 15.8. The SMILES string of the molecule is CCCCS(=O)(=O)N1CCNC[C@@H]1CC[C@H]1CCC[C@@H]1NC(=O)[C@@H](N)Cc1ccc(Cl)cc1. The summed E-state index contributed by atoms with van der Waals surface area (Å²) in [4.78, 5) is 12.7. The molecule has 9 heteroatoms. The molecule has 0 aromatic heterocycles. The molecule has 1 aliphatic carbocycles. The Morgan fingerprint density at radius 2 is 2.03 bits per heavy atom. The lowest BCUT2D eigenvalue weighted by Gasteiger charge is -2.36. The molecule has 0 unspecified atom stereocenters. The van der Waals surface area contributed by atoms with Crippen LogP contribution in [0.4, 0.5) is 0 Å². The number of carbonyl (C=O) groups is 1. The molecule has 33 heavy (non-hydrogen) atoms. The molecule has 1 aliphatic heterocycles. The number of hydrogen-bond donors (Lipinski definition) is 3. The predicted octanol–water partition coefficient (Wildman–Crippen LogP) is 2.68.